The van der Waals surface area contributed by atoms with Crippen LogP contribution >= 0.6 is 57.1 Å². The molecule has 23 heavy (non-hydrogen) atoms. The van der Waals surface area contributed by atoms with E-state index in [4.69, 9.17) is 23.2 Å². The molecular weight excluding hydrogens is 464 g/mol. The second-order valence-electron chi connectivity index (χ2n) is 4.58. The van der Waals surface area contributed by atoms with Crippen molar-refractivity contribution >= 4 is 68.5 Å². The van der Waals surface area contributed by atoms with Gasteiger partial charge < -0.3 is 0 Å². The van der Waals surface area contributed by atoms with Crippen LogP contribution in [-0.2, 0) is 0 Å². The van der Waals surface area contributed by atoms with Crippen LogP contribution in [0.25, 0.3) is 11.3 Å². The molecule has 0 saturated heterocycles. The first-order chi connectivity index (χ1) is 11.1. The van der Waals surface area contributed by atoms with Crippen LogP contribution in [-0.4, -0.2) is 11.2 Å². The Kier molecular flexibility index (Phi) is 5.53. The summed E-state index contributed by atoms with van der Waals surface area (Å²) in [6, 6.07) is 13.5. The smallest absolute Gasteiger partial charge is 0.203 e. The number of hydrogen-bond donors (Lipinski definition) is 1. The lowest BCUT2D eigenvalue weighted by molar-refractivity contribution is 1.29. The number of thiazole rings is 1. The van der Waals surface area contributed by atoms with Gasteiger partial charge in [0, 0.05) is 25.1 Å². The maximum Gasteiger partial charge on any atom is 0.203 e. The Morgan fingerprint density at radius 2 is 1.91 bits per heavy atom. The average molecular weight is 474 g/mol. The largest absolute Gasteiger partial charge is 0.253 e. The first-order valence-corrected chi connectivity index (χ1v) is 9.29. The second-order valence-corrected chi connectivity index (χ2v) is 7.53. The van der Waals surface area contributed by atoms with E-state index >= 15 is 0 Å². The van der Waals surface area contributed by atoms with Crippen molar-refractivity contribution in [2.45, 2.75) is 0 Å². The summed E-state index contributed by atoms with van der Waals surface area (Å²) in [6.07, 6.45) is 1.64. The molecular formula is C16H10Cl2IN3S. The zero-order valence-electron chi connectivity index (χ0n) is 11.6. The summed E-state index contributed by atoms with van der Waals surface area (Å²) in [5.74, 6) is 0. The van der Waals surface area contributed by atoms with Gasteiger partial charge in [0.15, 0.2) is 0 Å². The van der Waals surface area contributed by atoms with Gasteiger partial charge >= 0.3 is 0 Å². The van der Waals surface area contributed by atoms with Crippen LogP contribution in [0.5, 0.6) is 0 Å². The highest BCUT2D eigenvalue weighted by molar-refractivity contribution is 14.1. The van der Waals surface area contributed by atoms with E-state index < -0.39 is 0 Å². The molecule has 1 aromatic heterocycles. The summed E-state index contributed by atoms with van der Waals surface area (Å²) in [5.41, 5.74) is 5.72. The Labute approximate surface area is 161 Å². The SMILES string of the molecule is Clc1ccc(C=NNc2nc(-c3ccc(I)cc3)cs2)c(Cl)c1. The molecule has 0 aliphatic heterocycles. The summed E-state index contributed by atoms with van der Waals surface area (Å²) in [6.45, 7) is 0. The Morgan fingerprint density at radius 3 is 2.65 bits per heavy atom. The molecule has 0 saturated carbocycles. The van der Waals surface area contributed by atoms with Gasteiger partial charge in [0.25, 0.3) is 0 Å². The van der Waals surface area contributed by atoms with Crippen molar-refractivity contribution < 1.29 is 0 Å². The molecule has 1 N–H and O–H groups in total. The van der Waals surface area contributed by atoms with Gasteiger partial charge in [-0.05, 0) is 46.9 Å². The molecule has 116 valence electrons. The van der Waals surface area contributed by atoms with Gasteiger partial charge in [0.05, 0.1) is 16.9 Å². The minimum Gasteiger partial charge on any atom is -0.253 e. The molecule has 1 heterocycles. The molecule has 0 aliphatic rings. The van der Waals surface area contributed by atoms with Crippen LogP contribution in [0.2, 0.25) is 10.0 Å². The number of nitrogens with zero attached hydrogens (tertiary/aromatic N) is 2. The molecule has 0 radical (unpaired) electrons. The van der Waals surface area contributed by atoms with E-state index in [9.17, 15) is 0 Å². The molecule has 0 spiro atoms. The van der Waals surface area contributed by atoms with Crippen LogP contribution in [0.4, 0.5) is 5.13 Å². The molecule has 0 unspecified atom stereocenters. The third-order valence-electron chi connectivity index (χ3n) is 2.97. The number of rotatable bonds is 4. The maximum atomic E-state index is 6.09. The minimum absolute atomic E-state index is 0.557. The number of hydrogen-bond acceptors (Lipinski definition) is 4. The van der Waals surface area contributed by atoms with Crippen LogP contribution in [0.15, 0.2) is 52.9 Å². The van der Waals surface area contributed by atoms with E-state index in [-0.39, 0.29) is 0 Å². The summed E-state index contributed by atoms with van der Waals surface area (Å²) in [7, 11) is 0. The number of halogens is 3. The lowest BCUT2D eigenvalue weighted by atomic mass is 10.2. The molecule has 0 fully saturated rings. The fraction of sp³-hybridized carbons (Fsp3) is 0. The van der Waals surface area contributed by atoms with Crippen molar-refractivity contribution in [3.63, 3.8) is 0 Å². The first kappa shape index (κ1) is 16.7. The van der Waals surface area contributed by atoms with Crippen molar-refractivity contribution in [1.82, 2.24) is 4.98 Å². The fourth-order valence-electron chi connectivity index (χ4n) is 1.84. The van der Waals surface area contributed by atoms with Crippen molar-refractivity contribution in [2.24, 2.45) is 5.10 Å². The van der Waals surface area contributed by atoms with Gasteiger partial charge in [0.1, 0.15) is 0 Å². The van der Waals surface area contributed by atoms with Crippen molar-refractivity contribution in [1.29, 1.82) is 0 Å². The van der Waals surface area contributed by atoms with Gasteiger partial charge in [-0.1, -0.05) is 41.4 Å². The molecule has 3 nitrogen and oxygen atoms in total. The zero-order valence-corrected chi connectivity index (χ0v) is 16.1. The Hall–Kier alpha value is -1.15. The lowest BCUT2D eigenvalue weighted by Crippen LogP contribution is -1.91. The highest BCUT2D eigenvalue weighted by Crippen LogP contribution is 2.25. The molecule has 0 bridgehead atoms. The highest BCUT2D eigenvalue weighted by Gasteiger charge is 2.04. The fourth-order valence-corrected chi connectivity index (χ4v) is 3.33. The van der Waals surface area contributed by atoms with Crippen LogP contribution in [0.1, 0.15) is 5.56 Å². The van der Waals surface area contributed by atoms with E-state index in [0.29, 0.717) is 10.0 Å². The second kappa shape index (κ2) is 7.61. The van der Waals surface area contributed by atoms with Gasteiger partial charge in [-0.25, -0.2) is 4.98 Å². The molecule has 0 amide bonds. The van der Waals surface area contributed by atoms with Crippen LogP contribution < -0.4 is 5.43 Å². The van der Waals surface area contributed by atoms with E-state index in [1.165, 1.54) is 14.9 Å². The summed E-state index contributed by atoms with van der Waals surface area (Å²) in [4.78, 5) is 4.52. The average Bonchev–Trinajstić information content (AvgIpc) is 2.99. The van der Waals surface area contributed by atoms with Crippen LogP contribution in [0, 0.1) is 3.57 Å². The molecule has 0 atom stereocenters. The molecule has 2 aromatic carbocycles. The molecule has 0 aliphatic carbocycles. The van der Waals surface area contributed by atoms with Crippen molar-refractivity contribution in [2.75, 3.05) is 5.43 Å². The Bertz CT molecular complexity index is 847. The third-order valence-corrected chi connectivity index (χ3v) is 5.00. The number of anilines is 1. The zero-order chi connectivity index (χ0) is 16.2. The van der Waals surface area contributed by atoms with Gasteiger partial charge in [-0.15, -0.1) is 11.3 Å². The summed E-state index contributed by atoms with van der Waals surface area (Å²) in [5, 5.41) is 8.04. The number of aromatic nitrogens is 1. The lowest BCUT2D eigenvalue weighted by Gasteiger charge is -1.99. The van der Waals surface area contributed by atoms with E-state index in [2.05, 4.69) is 62.4 Å². The number of hydrazone groups is 1. The monoisotopic (exact) mass is 473 g/mol. The molecule has 3 rings (SSSR count). The van der Waals surface area contributed by atoms with Gasteiger partial charge in [-0.3, -0.25) is 5.43 Å². The predicted molar refractivity (Wildman–Crippen MR) is 108 cm³/mol. The Balaban J connectivity index is 1.69. The topological polar surface area (TPSA) is 37.3 Å². The predicted octanol–water partition coefficient (Wildman–Crippen LogP) is 6.17. The molecule has 7 heteroatoms. The van der Waals surface area contributed by atoms with E-state index in [1.807, 2.05) is 11.4 Å². The number of nitrogens with one attached hydrogen (secondary N) is 1. The number of benzene rings is 2. The first-order valence-electron chi connectivity index (χ1n) is 6.57. The summed E-state index contributed by atoms with van der Waals surface area (Å²) >= 11 is 15.7. The van der Waals surface area contributed by atoms with Gasteiger partial charge in [-0.2, -0.15) is 5.10 Å². The normalized spacial score (nSPS) is 11.1. The summed E-state index contributed by atoms with van der Waals surface area (Å²) < 4.78 is 1.20. The van der Waals surface area contributed by atoms with E-state index in [0.717, 1.165) is 22.0 Å². The highest BCUT2D eigenvalue weighted by atomic mass is 127. The standard InChI is InChI=1S/C16H10Cl2IN3S/c17-12-4-1-11(14(18)7-12)8-20-22-16-21-15(9-23-16)10-2-5-13(19)6-3-10/h1-9H,(H,21,22). The minimum atomic E-state index is 0.557. The molecule has 3 aromatic rings. The third kappa shape index (κ3) is 4.44. The van der Waals surface area contributed by atoms with Crippen LogP contribution in [0.3, 0.4) is 0 Å². The van der Waals surface area contributed by atoms with Crippen molar-refractivity contribution in [3.05, 3.63) is 67.0 Å². The van der Waals surface area contributed by atoms with Crippen molar-refractivity contribution in [3.8, 4) is 11.3 Å². The van der Waals surface area contributed by atoms with E-state index in [1.54, 1.807) is 18.3 Å². The maximum absolute atomic E-state index is 6.09. The Morgan fingerprint density at radius 1 is 1.13 bits per heavy atom. The quantitative estimate of drug-likeness (QED) is 0.279. The van der Waals surface area contributed by atoms with Gasteiger partial charge in [0.2, 0.25) is 5.13 Å².